The average molecular weight is 734 g/mol. The second-order valence-electron chi connectivity index (χ2n) is 15.3. The van der Waals surface area contributed by atoms with Crippen LogP contribution in [0.5, 0.6) is 0 Å². The van der Waals surface area contributed by atoms with E-state index in [1.807, 2.05) is 83.3 Å². The monoisotopic (exact) mass is 733 g/mol. The van der Waals surface area contributed by atoms with Crippen LogP contribution in [0.1, 0.15) is 84.0 Å². The van der Waals surface area contributed by atoms with Crippen LogP contribution in [-0.4, -0.2) is 89.6 Å². The minimum absolute atomic E-state index is 0.110. The number of fused-ring (bicyclic) bond motifs is 1. The molecule has 282 valence electrons. The maximum atomic E-state index is 13.6. The number of amides is 3. The van der Waals surface area contributed by atoms with E-state index in [9.17, 15) is 14.4 Å². The Labute approximate surface area is 314 Å². The summed E-state index contributed by atoms with van der Waals surface area (Å²) in [6.07, 6.45) is 7.79. The fourth-order valence-corrected chi connectivity index (χ4v) is 7.22. The molecular weight excluding hydrogens is 686 g/mol. The van der Waals surface area contributed by atoms with Crippen LogP contribution in [0.4, 0.5) is 9.59 Å². The zero-order valence-corrected chi connectivity index (χ0v) is 31.6. The first-order chi connectivity index (χ1) is 25.9. The standard InChI is InChI=1S/C40H47N9O5/c1-23(2)34(47-38(51)53-6)37(50)48-17-7-10-33(48)36-44-27-16-15-26(19-28(27)45-36)30-21-41-29(20-42-30)24-11-13-25(14-12-24)31-22-43-35(46-31)32-9-8-18-49(32)39(52)54-40(3,4)5/h11-16,19-23,32-34H,7-10,17-18H2,1-6H3,(H,43,46)(H,44,45)(H,47,51)/t32-,33-,34-/m0/s1. The molecule has 3 atom stereocenters. The number of likely N-dealkylation sites (tertiary alicyclic amines) is 2. The van der Waals surface area contributed by atoms with Crippen molar-refractivity contribution in [3.8, 4) is 33.8 Å². The number of carbonyl (C=O) groups is 3. The molecule has 2 aliphatic heterocycles. The van der Waals surface area contributed by atoms with Crippen molar-refractivity contribution >= 4 is 29.1 Å². The van der Waals surface area contributed by atoms with E-state index >= 15 is 0 Å². The minimum atomic E-state index is -0.695. The average Bonchev–Trinajstić information content (AvgIpc) is 3.98. The molecule has 7 rings (SSSR count). The lowest BCUT2D eigenvalue weighted by Gasteiger charge is -2.29. The number of H-pyrrole nitrogens is 2. The molecular formula is C40H47N9O5. The lowest BCUT2D eigenvalue weighted by Crippen LogP contribution is -2.51. The van der Waals surface area contributed by atoms with Crippen molar-refractivity contribution in [1.29, 1.82) is 0 Å². The predicted molar refractivity (Wildman–Crippen MR) is 203 cm³/mol. The molecule has 2 fully saturated rings. The number of aromatic amines is 2. The van der Waals surface area contributed by atoms with Crippen molar-refractivity contribution in [2.75, 3.05) is 20.2 Å². The molecule has 0 radical (unpaired) electrons. The molecule has 2 aliphatic rings. The molecule has 3 amide bonds. The van der Waals surface area contributed by atoms with E-state index in [1.54, 1.807) is 22.2 Å². The Kier molecular flexibility index (Phi) is 10.1. The van der Waals surface area contributed by atoms with Gasteiger partial charge in [0.25, 0.3) is 0 Å². The molecule has 3 aromatic heterocycles. The number of nitrogens with one attached hydrogen (secondary N) is 3. The van der Waals surface area contributed by atoms with E-state index in [4.69, 9.17) is 29.4 Å². The van der Waals surface area contributed by atoms with E-state index < -0.39 is 17.7 Å². The smallest absolute Gasteiger partial charge is 0.410 e. The molecule has 54 heavy (non-hydrogen) atoms. The number of carbonyl (C=O) groups excluding carboxylic acids is 3. The van der Waals surface area contributed by atoms with E-state index in [2.05, 4.69) is 15.3 Å². The van der Waals surface area contributed by atoms with Crippen LogP contribution in [0.25, 0.3) is 44.8 Å². The van der Waals surface area contributed by atoms with Gasteiger partial charge in [0.15, 0.2) is 0 Å². The third-order valence-corrected chi connectivity index (χ3v) is 9.96. The maximum Gasteiger partial charge on any atom is 0.410 e. The fraction of sp³-hybridized carbons (Fsp3) is 0.425. The number of hydrogen-bond acceptors (Lipinski definition) is 9. The normalized spacial score (nSPS) is 18.0. The molecule has 2 aromatic carbocycles. The Hall–Kier alpha value is -5.79. The number of methoxy groups -OCH3 is 1. The van der Waals surface area contributed by atoms with Crippen LogP contribution in [-0.2, 0) is 14.3 Å². The highest BCUT2D eigenvalue weighted by molar-refractivity contribution is 5.87. The lowest BCUT2D eigenvalue weighted by molar-refractivity contribution is -0.135. The Morgan fingerprint density at radius 3 is 2.07 bits per heavy atom. The van der Waals surface area contributed by atoms with E-state index in [-0.39, 0.29) is 30.0 Å². The maximum absolute atomic E-state index is 13.6. The van der Waals surface area contributed by atoms with Gasteiger partial charge in [-0.3, -0.25) is 19.7 Å². The summed E-state index contributed by atoms with van der Waals surface area (Å²) in [5.41, 5.74) is 6.06. The number of nitrogens with zero attached hydrogens (tertiary/aromatic N) is 6. The van der Waals surface area contributed by atoms with Crippen molar-refractivity contribution in [2.45, 2.75) is 84.0 Å². The molecule has 2 saturated heterocycles. The van der Waals surface area contributed by atoms with Gasteiger partial charge in [0.1, 0.15) is 23.3 Å². The molecule has 5 heterocycles. The van der Waals surface area contributed by atoms with Gasteiger partial charge in [0.2, 0.25) is 5.91 Å². The molecule has 0 spiro atoms. The molecule has 0 aliphatic carbocycles. The number of benzene rings is 2. The Morgan fingerprint density at radius 2 is 1.44 bits per heavy atom. The van der Waals surface area contributed by atoms with Gasteiger partial charge < -0.3 is 29.7 Å². The van der Waals surface area contributed by atoms with Crippen LogP contribution in [0.2, 0.25) is 0 Å². The first-order valence-electron chi connectivity index (χ1n) is 18.5. The van der Waals surface area contributed by atoms with Gasteiger partial charge in [-0.25, -0.2) is 19.6 Å². The topological polar surface area (TPSA) is 171 Å². The molecule has 0 saturated carbocycles. The highest BCUT2D eigenvalue weighted by Gasteiger charge is 2.38. The van der Waals surface area contributed by atoms with Gasteiger partial charge in [-0.1, -0.05) is 44.2 Å². The molecule has 14 heteroatoms. The Morgan fingerprint density at radius 1 is 0.833 bits per heavy atom. The highest BCUT2D eigenvalue weighted by atomic mass is 16.6. The summed E-state index contributed by atoms with van der Waals surface area (Å²) in [5.74, 6) is 1.21. The predicted octanol–water partition coefficient (Wildman–Crippen LogP) is 7.19. The highest BCUT2D eigenvalue weighted by Crippen LogP contribution is 2.35. The summed E-state index contributed by atoms with van der Waals surface area (Å²) in [4.78, 5) is 67.8. The van der Waals surface area contributed by atoms with Crippen LogP contribution in [0.3, 0.4) is 0 Å². The minimum Gasteiger partial charge on any atom is -0.453 e. The third kappa shape index (κ3) is 7.64. The fourth-order valence-electron chi connectivity index (χ4n) is 7.22. The van der Waals surface area contributed by atoms with Crippen LogP contribution in [0, 0.1) is 5.92 Å². The zero-order valence-electron chi connectivity index (χ0n) is 31.6. The van der Waals surface area contributed by atoms with Gasteiger partial charge in [-0.05, 0) is 64.5 Å². The zero-order chi connectivity index (χ0) is 38.1. The van der Waals surface area contributed by atoms with Gasteiger partial charge in [0, 0.05) is 36.0 Å². The molecule has 0 unspecified atom stereocenters. The van der Waals surface area contributed by atoms with Crippen molar-refractivity contribution in [2.24, 2.45) is 5.92 Å². The van der Waals surface area contributed by atoms with Gasteiger partial charge in [-0.15, -0.1) is 0 Å². The quantitative estimate of drug-likeness (QED) is 0.149. The number of ether oxygens (including phenoxy) is 2. The van der Waals surface area contributed by atoms with Crippen LogP contribution in [0.15, 0.2) is 61.1 Å². The number of rotatable bonds is 8. The molecule has 14 nitrogen and oxygen atoms in total. The van der Waals surface area contributed by atoms with Gasteiger partial charge in [-0.2, -0.15) is 0 Å². The van der Waals surface area contributed by atoms with E-state index in [0.29, 0.717) is 24.6 Å². The summed E-state index contributed by atoms with van der Waals surface area (Å²) in [7, 11) is 1.29. The summed E-state index contributed by atoms with van der Waals surface area (Å²) >= 11 is 0. The number of alkyl carbamates (subject to hydrolysis) is 1. The molecule has 0 bridgehead atoms. The Balaban J connectivity index is 1.02. The summed E-state index contributed by atoms with van der Waals surface area (Å²) in [5, 5.41) is 2.70. The first-order valence-corrected chi connectivity index (χ1v) is 18.5. The molecule has 3 N–H and O–H groups in total. The number of imidazole rings is 2. The SMILES string of the molecule is COC(=O)N[C@H](C(=O)N1CCC[C@H]1c1nc2cc(-c3cnc(-c4ccc(-c5c[nH]c([C@@H]6CCCN6C(=O)OC(C)(C)C)n5)cc4)cn3)ccc2[nH]1)C(C)C. The summed E-state index contributed by atoms with van der Waals surface area (Å²) in [6.45, 7) is 10.6. The van der Waals surface area contributed by atoms with Crippen molar-refractivity contribution in [3.63, 3.8) is 0 Å². The number of aromatic nitrogens is 6. The summed E-state index contributed by atoms with van der Waals surface area (Å²) in [6, 6.07) is 12.9. The van der Waals surface area contributed by atoms with Crippen molar-refractivity contribution in [3.05, 3.63) is 72.7 Å². The van der Waals surface area contributed by atoms with Crippen molar-refractivity contribution < 1.29 is 23.9 Å². The largest absolute Gasteiger partial charge is 0.453 e. The number of hydrogen-bond donors (Lipinski definition) is 3. The lowest BCUT2D eigenvalue weighted by atomic mass is 10.0. The third-order valence-electron chi connectivity index (χ3n) is 9.96. The van der Waals surface area contributed by atoms with Crippen LogP contribution >= 0.6 is 0 Å². The van der Waals surface area contributed by atoms with Gasteiger partial charge >= 0.3 is 12.2 Å². The second-order valence-corrected chi connectivity index (χ2v) is 15.3. The Bertz CT molecular complexity index is 2140. The first kappa shape index (κ1) is 36.6. The van der Waals surface area contributed by atoms with Gasteiger partial charge in [0.05, 0.1) is 59.7 Å². The van der Waals surface area contributed by atoms with E-state index in [1.165, 1.54) is 7.11 Å². The second kappa shape index (κ2) is 14.9. The van der Waals surface area contributed by atoms with Crippen LogP contribution < -0.4 is 5.32 Å². The summed E-state index contributed by atoms with van der Waals surface area (Å²) < 4.78 is 10.4. The van der Waals surface area contributed by atoms with Crippen molar-refractivity contribution in [1.82, 2.24) is 45.0 Å². The van der Waals surface area contributed by atoms with E-state index in [0.717, 1.165) is 70.6 Å². The molecule has 5 aromatic rings.